The molecule has 2 aromatic carbocycles. The summed E-state index contributed by atoms with van der Waals surface area (Å²) in [4.78, 5) is 14.8. The van der Waals surface area contributed by atoms with Crippen molar-refractivity contribution < 1.29 is 9.53 Å². The van der Waals surface area contributed by atoms with Crippen LogP contribution in [0.25, 0.3) is 0 Å². The number of rotatable bonds is 7. The zero-order valence-electron chi connectivity index (χ0n) is 15.4. The molecule has 0 aliphatic carbocycles. The lowest BCUT2D eigenvalue weighted by molar-refractivity contribution is -0.127. The lowest BCUT2D eigenvalue weighted by atomic mass is 10.1. The van der Waals surface area contributed by atoms with Crippen LogP contribution in [0.3, 0.4) is 0 Å². The van der Waals surface area contributed by atoms with Gasteiger partial charge in [-0.05, 0) is 62.2 Å². The zero-order chi connectivity index (χ0) is 19.2. The second-order valence-electron chi connectivity index (χ2n) is 6.85. The summed E-state index contributed by atoms with van der Waals surface area (Å²) in [5.41, 5.74) is 2.37. The molecular weight excluding hydrogens is 383 g/mol. The van der Waals surface area contributed by atoms with Gasteiger partial charge in [0.1, 0.15) is 5.75 Å². The fraction of sp³-hybridized carbons (Fsp3) is 0.381. The van der Waals surface area contributed by atoms with Crippen molar-refractivity contribution in [3.63, 3.8) is 0 Å². The number of nitrogens with one attached hydrogen (secondary N) is 1. The van der Waals surface area contributed by atoms with Gasteiger partial charge >= 0.3 is 0 Å². The van der Waals surface area contributed by atoms with E-state index in [0.29, 0.717) is 22.3 Å². The predicted octanol–water partition coefficient (Wildman–Crippen LogP) is 4.67. The standard InChI is InChI=1S/C21H24Cl2N2O2/c1-15(27-20-9-8-18(22)12-19(20)23)21(26)24-13-16-4-6-17(7-5-16)14-25-10-2-3-11-25/h4-9,12,15H,2-3,10-11,13-14H2,1H3,(H,24,26). The van der Waals surface area contributed by atoms with Crippen LogP contribution >= 0.6 is 23.2 Å². The number of halogens is 2. The number of amides is 1. The molecule has 27 heavy (non-hydrogen) atoms. The van der Waals surface area contributed by atoms with Crippen LogP contribution in [0, 0.1) is 0 Å². The van der Waals surface area contributed by atoms with E-state index in [0.717, 1.165) is 12.1 Å². The third-order valence-electron chi connectivity index (χ3n) is 4.66. The number of hydrogen-bond donors (Lipinski definition) is 1. The van der Waals surface area contributed by atoms with Gasteiger partial charge in [-0.25, -0.2) is 0 Å². The number of ether oxygens (including phenoxy) is 1. The number of likely N-dealkylation sites (tertiary alicyclic amines) is 1. The minimum absolute atomic E-state index is 0.192. The van der Waals surface area contributed by atoms with Crippen molar-refractivity contribution in [2.45, 2.75) is 39.0 Å². The Labute approximate surface area is 170 Å². The molecule has 1 aliphatic rings. The number of benzene rings is 2. The van der Waals surface area contributed by atoms with Crippen LogP contribution in [0.5, 0.6) is 5.75 Å². The summed E-state index contributed by atoms with van der Waals surface area (Å²) < 4.78 is 5.64. The van der Waals surface area contributed by atoms with Crippen molar-refractivity contribution in [2.24, 2.45) is 0 Å². The zero-order valence-corrected chi connectivity index (χ0v) is 16.9. The Bertz CT molecular complexity index is 774. The van der Waals surface area contributed by atoms with E-state index < -0.39 is 6.10 Å². The van der Waals surface area contributed by atoms with Crippen LogP contribution in [0.1, 0.15) is 30.9 Å². The summed E-state index contributed by atoms with van der Waals surface area (Å²) in [7, 11) is 0. The van der Waals surface area contributed by atoms with Crippen molar-refractivity contribution in [1.29, 1.82) is 0 Å². The molecule has 1 aliphatic heterocycles. The average Bonchev–Trinajstić information content (AvgIpc) is 3.16. The van der Waals surface area contributed by atoms with E-state index in [2.05, 4.69) is 34.5 Å². The Morgan fingerprint density at radius 1 is 1.11 bits per heavy atom. The monoisotopic (exact) mass is 406 g/mol. The molecule has 4 nitrogen and oxygen atoms in total. The lowest BCUT2D eigenvalue weighted by Gasteiger charge is -2.16. The van der Waals surface area contributed by atoms with E-state index in [1.807, 2.05) is 0 Å². The molecule has 1 fully saturated rings. The molecule has 1 N–H and O–H groups in total. The minimum Gasteiger partial charge on any atom is -0.479 e. The molecule has 0 spiro atoms. The highest BCUT2D eigenvalue weighted by molar-refractivity contribution is 6.35. The molecule has 6 heteroatoms. The van der Waals surface area contributed by atoms with Crippen molar-refractivity contribution in [2.75, 3.05) is 13.1 Å². The van der Waals surface area contributed by atoms with Gasteiger partial charge in [-0.15, -0.1) is 0 Å². The highest BCUT2D eigenvalue weighted by Crippen LogP contribution is 2.28. The van der Waals surface area contributed by atoms with Gasteiger partial charge in [-0.3, -0.25) is 9.69 Å². The number of carbonyl (C=O) groups excluding carboxylic acids is 1. The van der Waals surface area contributed by atoms with Gasteiger partial charge in [0.25, 0.3) is 5.91 Å². The molecule has 1 unspecified atom stereocenters. The molecule has 1 saturated heterocycles. The van der Waals surface area contributed by atoms with Crippen LogP contribution in [-0.2, 0) is 17.9 Å². The molecule has 3 rings (SSSR count). The first-order valence-electron chi connectivity index (χ1n) is 9.21. The summed E-state index contributed by atoms with van der Waals surface area (Å²) in [6.07, 6.45) is 1.94. The van der Waals surface area contributed by atoms with Crippen molar-refractivity contribution in [3.8, 4) is 5.75 Å². The fourth-order valence-corrected chi connectivity index (χ4v) is 3.56. The highest BCUT2D eigenvalue weighted by Gasteiger charge is 2.16. The molecule has 2 aromatic rings. The smallest absolute Gasteiger partial charge is 0.261 e. The Morgan fingerprint density at radius 3 is 2.44 bits per heavy atom. The predicted molar refractivity (Wildman–Crippen MR) is 109 cm³/mol. The van der Waals surface area contributed by atoms with Crippen LogP contribution in [-0.4, -0.2) is 30.0 Å². The topological polar surface area (TPSA) is 41.6 Å². The average molecular weight is 407 g/mol. The van der Waals surface area contributed by atoms with Gasteiger partial charge < -0.3 is 10.1 Å². The van der Waals surface area contributed by atoms with Gasteiger partial charge in [-0.1, -0.05) is 47.5 Å². The van der Waals surface area contributed by atoms with E-state index in [4.69, 9.17) is 27.9 Å². The van der Waals surface area contributed by atoms with Crippen LogP contribution in [0.15, 0.2) is 42.5 Å². The van der Waals surface area contributed by atoms with Gasteiger partial charge in [0.15, 0.2) is 6.10 Å². The van der Waals surface area contributed by atoms with Crippen molar-refractivity contribution in [1.82, 2.24) is 10.2 Å². The van der Waals surface area contributed by atoms with Gasteiger partial charge in [0, 0.05) is 18.1 Å². The van der Waals surface area contributed by atoms with Crippen LogP contribution in [0.2, 0.25) is 10.0 Å². The Morgan fingerprint density at radius 2 is 1.78 bits per heavy atom. The maximum Gasteiger partial charge on any atom is 0.261 e. The first kappa shape index (κ1) is 20.0. The van der Waals surface area contributed by atoms with Gasteiger partial charge in [0.05, 0.1) is 5.02 Å². The SMILES string of the molecule is CC(Oc1ccc(Cl)cc1Cl)C(=O)NCc1ccc(CN2CCCC2)cc1. The largest absolute Gasteiger partial charge is 0.479 e. The molecule has 0 aromatic heterocycles. The minimum atomic E-state index is -0.655. The molecule has 144 valence electrons. The van der Waals surface area contributed by atoms with E-state index in [-0.39, 0.29) is 5.91 Å². The van der Waals surface area contributed by atoms with E-state index in [1.54, 1.807) is 25.1 Å². The van der Waals surface area contributed by atoms with Gasteiger partial charge in [-0.2, -0.15) is 0 Å². The second kappa shape index (κ2) is 9.45. The summed E-state index contributed by atoms with van der Waals surface area (Å²) in [6.45, 7) is 5.53. The number of hydrogen-bond acceptors (Lipinski definition) is 3. The second-order valence-corrected chi connectivity index (χ2v) is 7.70. The van der Waals surface area contributed by atoms with Gasteiger partial charge in [0.2, 0.25) is 0 Å². The van der Waals surface area contributed by atoms with Crippen LogP contribution < -0.4 is 10.1 Å². The molecule has 0 radical (unpaired) electrons. The fourth-order valence-electron chi connectivity index (χ4n) is 3.11. The first-order valence-corrected chi connectivity index (χ1v) is 9.96. The normalized spacial score (nSPS) is 15.5. The Hall–Kier alpha value is -1.75. The highest BCUT2D eigenvalue weighted by atomic mass is 35.5. The quantitative estimate of drug-likeness (QED) is 0.725. The number of carbonyl (C=O) groups is 1. The molecular formula is C21H24Cl2N2O2. The number of nitrogens with zero attached hydrogens (tertiary/aromatic N) is 1. The van der Waals surface area contributed by atoms with E-state index in [1.165, 1.54) is 31.5 Å². The summed E-state index contributed by atoms with van der Waals surface area (Å²) in [5, 5.41) is 3.81. The lowest BCUT2D eigenvalue weighted by Crippen LogP contribution is -2.35. The van der Waals surface area contributed by atoms with Crippen LogP contribution in [0.4, 0.5) is 0 Å². The third kappa shape index (κ3) is 5.86. The molecule has 1 heterocycles. The third-order valence-corrected chi connectivity index (χ3v) is 5.19. The Balaban J connectivity index is 1.47. The summed E-state index contributed by atoms with van der Waals surface area (Å²) in [6, 6.07) is 13.3. The first-order chi connectivity index (χ1) is 13.0. The van der Waals surface area contributed by atoms with E-state index >= 15 is 0 Å². The van der Waals surface area contributed by atoms with E-state index in [9.17, 15) is 4.79 Å². The molecule has 1 amide bonds. The molecule has 0 saturated carbocycles. The summed E-state index contributed by atoms with van der Waals surface area (Å²) >= 11 is 12.0. The maximum atomic E-state index is 12.3. The maximum absolute atomic E-state index is 12.3. The van der Waals surface area contributed by atoms with Crippen molar-refractivity contribution >= 4 is 29.1 Å². The van der Waals surface area contributed by atoms with Crippen molar-refractivity contribution in [3.05, 3.63) is 63.6 Å². The molecule has 1 atom stereocenters. The summed E-state index contributed by atoms with van der Waals surface area (Å²) in [5.74, 6) is 0.247. The Kier molecular flexibility index (Phi) is 7.00. The molecule has 0 bridgehead atoms.